The largest absolute Gasteiger partial charge is 0.274 e. The van der Waals surface area contributed by atoms with Crippen molar-refractivity contribution in [1.82, 2.24) is 0 Å². The van der Waals surface area contributed by atoms with Crippen molar-refractivity contribution in [3.63, 3.8) is 0 Å². The molecule has 1 aliphatic heterocycles. The summed E-state index contributed by atoms with van der Waals surface area (Å²) in [5, 5.41) is 0.384. The van der Waals surface area contributed by atoms with Crippen molar-refractivity contribution >= 4 is 17.3 Å². The number of benzene rings is 1. The molecule has 0 radical (unpaired) electrons. The number of hydrogen-bond donors (Lipinski definition) is 0. The Morgan fingerprint density at radius 2 is 2.12 bits per heavy atom. The number of thioether (sulfide) groups is 1. The summed E-state index contributed by atoms with van der Waals surface area (Å²) in [5.74, 6) is 0.438. The SMILES string of the molecule is CCCCC1SCC(=C(F)F)c2ccccc21. The monoisotopic (exact) mass is 254 g/mol. The number of halogens is 2. The summed E-state index contributed by atoms with van der Waals surface area (Å²) in [4.78, 5) is 0. The number of unbranched alkanes of at least 4 members (excludes halogenated alkanes) is 1. The highest BCUT2D eigenvalue weighted by Crippen LogP contribution is 2.45. The third kappa shape index (κ3) is 2.71. The van der Waals surface area contributed by atoms with Crippen LogP contribution in [0.4, 0.5) is 8.78 Å². The summed E-state index contributed by atoms with van der Waals surface area (Å²) in [6.45, 7) is 2.16. The Labute approximate surface area is 105 Å². The van der Waals surface area contributed by atoms with Crippen LogP contribution in [0.2, 0.25) is 0 Å². The average molecular weight is 254 g/mol. The van der Waals surface area contributed by atoms with E-state index in [1.54, 1.807) is 11.8 Å². The molecule has 1 atom stereocenters. The number of fused-ring (bicyclic) bond motifs is 1. The van der Waals surface area contributed by atoms with Crippen LogP contribution in [0.3, 0.4) is 0 Å². The quantitative estimate of drug-likeness (QED) is 0.707. The highest BCUT2D eigenvalue weighted by molar-refractivity contribution is 8.00. The van der Waals surface area contributed by atoms with E-state index in [-0.39, 0.29) is 5.57 Å². The van der Waals surface area contributed by atoms with Crippen molar-refractivity contribution < 1.29 is 8.78 Å². The molecule has 1 unspecified atom stereocenters. The van der Waals surface area contributed by atoms with Gasteiger partial charge in [-0.1, -0.05) is 44.0 Å². The maximum atomic E-state index is 12.8. The molecule has 92 valence electrons. The van der Waals surface area contributed by atoms with Gasteiger partial charge in [-0.05, 0) is 17.5 Å². The number of hydrogen-bond acceptors (Lipinski definition) is 1. The molecule has 2 rings (SSSR count). The zero-order valence-electron chi connectivity index (χ0n) is 9.88. The second-order valence-corrected chi connectivity index (χ2v) is 5.46. The summed E-state index contributed by atoms with van der Waals surface area (Å²) < 4.78 is 25.7. The van der Waals surface area contributed by atoms with Gasteiger partial charge in [0.15, 0.2) is 0 Å². The lowest BCUT2D eigenvalue weighted by Crippen LogP contribution is -2.08. The van der Waals surface area contributed by atoms with E-state index in [1.807, 2.05) is 24.3 Å². The Morgan fingerprint density at radius 3 is 2.82 bits per heavy atom. The summed E-state index contributed by atoms with van der Waals surface area (Å²) in [6.07, 6.45) is 1.86. The molecular weight excluding hydrogens is 238 g/mol. The molecule has 0 nitrogen and oxygen atoms in total. The molecule has 3 heteroatoms. The molecule has 17 heavy (non-hydrogen) atoms. The first-order valence-corrected chi connectivity index (χ1v) is 7.04. The van der Waals surface area contributed by atoms with Gasteiger partial charge < -0.3 is 0 Å². The van der Waals surface area contributed by atoms with Crippen molar-refractivity contribution in [2.45, 2.75) is 31.4 Å². The first-order chi connectivity index (χ1) is 8.24. The standard InChI is InChI=1S/C14H16F2S/c1-2-3-8-13-11-7-5-4-6-10(11)12(9-17-13)14(15)16/h4-7,13H,2-3,8-9H2,1H3. The molecule has 0 saturated heterocycles. The van der Waals surface area contributed by atoms with Crippen molar-refractivity contribution in [2.75, 3.05) is 5.75 Å². The van der Waals surface area contributed by atoms with Gasteiger partial charge >= 0.3 is 0 Å². The summed E-state index contributed by atoms with van der Waals surface area (Å²) >= 11 is 1.64. The zero-order chi connectivity index (χ0) is 12.3. The summed E-state index contributed by atoms with van der Waals surface area (Å²) in [6, 6.07) is 7.60. The van der Waals surface area contributed by atoms with Gasteiger partial charge in [0.1, 0.15) is 0 Å². The van der Waals surface area contributed by atoms with Gasteiger partial charge in [-0.3, -0.25) is 0 Å². The Bertz CT molecular complexity index is 422. The molecular formula is C14H16F2S. The second kappa shape index (κ2) is 5.67. The molecule has 0 saturated carbocycles. The Kier molecular flexibility index (Phi) is 4.21. The van der Waals surface area contributed by atoms with Gasteiger partial charge in [-0.2, -0.15) is 8.78 Å². The van der Waals surface area contributed by atoms with Crippen LogP contribution >= 0.6 is 11.8 Å². The number of rotatable bonds is 3. The van der Waals surface area contributed by atoms with Gasteiger partial charge in [0.25, 0.3) is 6.08 Å². The minimum atomic E-state index is -1.53. The Balaban J connectivity index is 2.34. The fraction of sp³-hybridized carbons (Fsp3) is 0.429. The lowest BCUT2D eigenvalue weighted by Gasteiger charge is -2.26. The second-order valence-electron chi connectivity index (χ2n) is 4.27. The van der Waals surface area contributed by atoms with E-state index >= 15 is 0 Å². The fourth-order valence-corrected chi connectivity index (χ4v) is 3.54. The molecule has 0 aromatic heterocycles. The predicted octanol–water partition coefficient (Wildman–Crippen LogP) is 5.27. The van der Waals surface area contributed by atoms with Crippen LogP contribution in [0.5, 0.6) is 0 Å². The lowest BCUT2D eigenvalue weighted by molar-refractivity contribution is 0.425. The molecule has 0 amide bonds. The van der Waals surface area contributed by atoms with Gasteiger partial charge in [0, 0.05) is 16.6 Å². The third-order valence-electron chi connectivity index (χ3n) is 3.11. The van der Waals surface area contributed by atoms with Crippen LogP contribution in [0, 0.1) is 0 Å². The van der Waals surface area contributed by atoms with E-state index in [2.05, 4.69) is 6.92 Å². The van der Waals surface area contributed by atoms with E-state index in [1.165, 1.54) is 0 Å². The highest BCUT2D eigenvalue weighted by atomic mass is 32.2. The molecule has 0 N–H and O–H groups in total. The molecule has 1 aromatic carbocycles. The van der Waals surface area contributed by atoms with E-state index < -0.39 is 6.08 Å². The maximum Gasteiger partial charge on any atom is 0.274 e. The summed E-state index contributed by atoms with van der Waals surface area (Å²) in [7, 11) is 0. The molecule has 1 aromatic rings. The summed E-state index contributed by atoms with van der Waals surface area (Å²) in [5.41, 5.74) is 2.06. The first-order valence-electron chi connectivity index (χ1n) is 5.99. The van der Waals surface area contributed by atoms with Crippen molar-refractivity contribution in [1.29, 1.82) is 0 Å². The Hall–Kier alpha value is -0.830. The predicted molar refractivity (Wildman–Crippen MR) is 70.3 cm³/mol. The van der Waals surface area contributed by atoms with Gasteiger partial charge in [0.05, 0.1) is 0 Å². The molecule has 1 aliphatic rings. The van der Waals surface area contributed by atoms with E-state index in [0.717, 1.165) is 30.4 Å². The van der Waals surface area contributed by atoms with Crippen LogP contribution in [0.25, 0.3) is 5.57 Å². The van der Waals surface area contributed by atoms with Gasteiger partial charge in [-0.15, -0.1) is 11.8 Å². The van der Waals surface area contributed by atoms with Crippen LogP contribution in [-0.4, -0.2) is 5.75 Å². The van der Waals surface area contributed by atoms with E-state index in [0.29, 0.717) is 11.0 Å². The zero-order valence-corrected chi connectivity index (χ0v) is 10.7. The molecule has 0 fully saturated rings. The average Bonchev–Trinajstić information content (AvgIpc) is 2.35. The normalized spacial score (nSPS) is 19.0. The third-order valence-corrected chi connectivity index (χ3v) is 4.46. The van der Waals surface area contributed by atoms with E-state index in [4.69, 9.17) is 0 Å². The molecule has 0 bridgehead atoms. The Morgan fingerprint density at radius 1 is 1.35 bits per heavy atom. The molecule has 1 heterocycles. The van der Waals surface area contributed by atoms with Gasteiger partial charge in [0.2, 0.25) is 0 Å². The van der Waals surface area contributed by atoms with E-state index in [9.17, 15) is 8.78 Å². The molecule has 0 spiro atoms. The fourth-order valence-electron chi connectivity index (χ4n) is 2.19. The van der Waals surface area contributed by atoms with Crippen molar-refractivity contribution in [3.05, 3.63) is 41.5 Å². The lowest BCUT2D eigenvalue weighted by atomic mass is 9.96. The smallest absolute Gasteiger partial charge is 0.173 e. The highest BCUT2D eigenvalue weighted by Gasteiger charge is 2.25. The first kappa shape index (κ1) is 12.6. The van der Waals surface area contributed by atoms with Crippen molar-refractivity contribution in [3.8, 4) is 0 Å². The topological polar surface area (TPSA) is 0 Å². The van der Waals surface area contributed by atoms with Crippen LogP contribution < -0.4 is 0 Å². The minimum Gasteiger partial charge on any atom is -0.173 e. The van der Waals surface area contributed by atoms with Gasteiger partial charge in [-0.25, -0.2) is 0 Å². The van der Waals surface area contributed by atoms with Crippen LogP contribution in [-0.2, 0) is 0 Å². The van der Waals surface area contributed by atoms with Crippen LogP contribution in [0.15, 0.2) is 30.3 Å². The van der Waals surface area contributed by atoms with Crippen molar-refractivity contribution in [2.24, 2.45) is 0 Å². The molecule has 0 aliphatic carbocycles. The maximum absolute atomic E-state index is 12.8. The van der Waals surface area contributed by atoms with Crippen LogP contribution in [0.1, 0.15) is 42.6 Å². The minimum absolute atomic E-state index is 0.221.